The third-order valence-electron chi connectivity index (χ3n) is 3.15. The van der Waals surface area contributed by atoms with Crippen molar-refractivity contribution in [3.05, 3.63) is 75.3 Å². The van der Waals surface area contributed by atoms with Crippen molar-refractivity contribution in [2.45, 2.75) is 0 Å². The number of methoxy groups -OCH3 is 1. The number of carbonyl (C=O) groups excluding carboxylic acids is 1. The van der Waals surface area contributed by atoms with Gasteiger partial charge in [-0.25, -0.2) is 4.79 Å². The Kier molecular flexibility index (Phi) is 4.85. The van der Waals surface area contributed by atoms with Gasteiger partial charge in [0.1, 0.15) is 0 Å². The molecule has 23 heavy (non-hydrogen) atoms. The van der Waals surface area contributed by atoms with E-state index >= 15 is 0 Å². The summed E-state index contributed by atoms with van der Waals surface area (Å²) in [7, 11) is 1.30. The van der Waals surface area contributed by atoms with Crippen molar-refractivity contribution in [3.63, 3.8) is 0 Å². The molecule has 0 fully saturated rings. The minimum Gasteiger partial charge on any atom is -0.465 e. The predicted octanol–water partition coefficient (Wildman–Crippen LogP) is 3.45. The zero-order valence-corrected chi connectivity index (χ0v) is 12.2. The fourth-order valence-corrected chi connectivity index (χ4v) is 1.94. The molecule has 2 aromatic rings. The molecule has 6 heteroatoms. The van der Waals surface area contributed by atoms with Gasteiger partial charge in [-0.3, -0.25) is 10.1 Å². The lowest BCUT2D eigenvalue weighted by Crippen LogP contribution is -2.00. The Bertz CT molecular complexity index is 800. The van der Waals surface area contributed by atoms with Crippen LogP contribution < -0.4 is 0 Å². The molecule has 2 aromatic carbocycles. The first-order valence-electron chi connectivity index (χ1n) is 6.60. The number of hydrogen-bond donors (Lipinski definition) is 0. The summed E-state index contributed by atoms with van der Waals surface area (Å²) in [6, 6.07) is 14.4. The number of nitrogens with zero attached hydrogens (tertiary/aromatic N) is 2. The number of nitriles is 1. The van der Waals surface area contributed by atoms with Crippen LogP contribution in [0.1, 0.15) is 21.5 Å². The maximum absolute atomic E-state index is 11.4. The van der Waals surface area contributed by atoms with Gasteiger partial charge in [0.2, 0.25) is 0 Å². The highest BCUT2D eigenvalue weighted by atomic mass is 16.6. The molecule has 114 valence electrons. The molecule has 0 atom stereocenters. The number of carbonyl (C=O) groups is 1. The molecule has 0 aliphatic heterocycles. The van der Waals surface area contributed by atoms with Gasteiger partial charge in [0.25, 0.3) is 5.69 Å². The SMILES string of the molecule is COC(=O)c1ccc(/C=C(/C#N)c2ccc([N+](=O)[O-])cc2)cc1. The van der Waals surface area contributed by atoms with Gasteiger partial charge < -0.3 is 4.74 Å². The normalized spacial score (nSPS) is 10.7. The van der Waals surface area contributed by atoms with Crippen LogP contribution in [0.3, 0.4) is 0 Å². The maximum atomic E-state index is 11.4. The van der Waals surface area contributed by atoms with E-state index in [0.717, 1.165) is 5.56 Å². The molecular formula is C17H12N2O4. The molecule has 0 radical (unpaired) electrons. The number of esters is 1. The van der Waals surface area contributed by atoms with Crippen LogP contribution in [0, 0.1) is 21.4 Å². The average Bonchev–Trinajstić information content (AvgIpc) is 2.59. The molecular weight excluding hydrogens is 296 g/mol. The fraction of sp³-hybridized carbons (Fsp3) is 0.0588. The van der Waals surface area contributed by atoms with Crippen LogP contribution in [0.5, 0.6) is 0 Å². The largest absolute Gasteiger partial charge is 0.465 e. The van der Waals surface area contributed by atoms with Crippen molar-refractivity contribution in [3.8, 4) is 6.07 Å². The summed E-state index contributed by atoms with van der Waals surface area (Å²) < 4.78 is 4.62. The predicted molar refractivity (Wildman–Crippen MR) is 84.4 cm³/mol. The highest BCUT2D eigenvalue weighted by molar-refractivity contribution is 5.92. The standard InChI is InChI=1S/C17H12N2O4/c1-23-17(20)14-4-2-12(3-5-14)10-15(11-18)13-6-8-16(9-7-13)19(21)22/h2-10H,1H3/b15-10-. The Balaban J connectivity index is 2.30. The van der Waals surface area contributed by atoms with E-state index in [0.29, 0.717) is 16.7 Å². The van der Waals surface area contributed by atoms with E-state index in [1.165, 1.54) is 31.4 Å². The third kappa shape index (κ3) is 3.80. The van der Waals surface area contributed by atoms with Crippen molar-refractivity contribution in [1.29, 1.82) is 5.26 Å². The minimum absolute atomic E-state index is 0.0338. The number of allylic oxidation sites excluding steroid dienone is 1. The molecule has 0 unspecified atom stereocenters. The van der Waals surface area contributed by atoms with E-state index in [1.807, 2.05) is 0 Å². The molecule has 0 N–H and O–H groups in total. The summed E-state index contributed by atoms with van der Waals surface area (Å²) in [4.78, 5) is 21.5. The van der Waals surface area contributed by atoms with Crippen LogP contribution in [-0.2, 0) is 4.74 Å². The second-order valence-corrected chi connectivity index (χ2v) is 4.59. The van der Waals surface area contributed by atoms with E-state index < -0.39 is 10.9 Å². The summed E-state index contributed by atoms with van der Waals surface area (Å²) in [5.74, 6) is -0.434. The summed E-state index contributed by atoms with van der Waals surface area (Å²) in [6.45, 7) is 0. The second-order valence-electron chi connectivity index (χ2n) is 4.59. The quantitative estimate of drug-likeness (QED) is 0.283. The number of rotatable bonds is 4. The van der Waals surface area contributed by atoms with Crippen molar-refractivity contribution >= 4 is 23.3 Å². The molecule has 0 saturated heterocycles. The molecule has 0 saturated carbocycles. The first-order chi connectivity index (χ1) is 11.0. The highest BCUT2D eigenvalue weighted by Crippen LogP contribution is 2.21. The molecule has 0 aromatic heterocycles. The van der Waals surface area contributed by atoms with Crippen molar-refractivity contribution in [2.75, 3.05) is 7.11 Å². The van der Waals surface area contributed by atoms with Gasteiger partial charge in [0.15, 0.2) is 0 Å². The average molecular weight is 308 g/mol. The van der Waals surface area contributed by atoms with Gasteiger partial charge in [-0.15, -0.1) is 0 Å². The monoisotopic (exact) mass is 308 g/mol. The number of nitro groups is 1. The Labute approximate surface area is 132 Å². The fourth-order valence-electron chi connectivity index (χ4n) is 1.94. The van der Waals surface area contributed by atoms with Gasteiger partial charge >= 0.3 is 5.97 Å². The van der Waals surface area contributed by atoms with Gasteiger partial charge in [-0.05, 0) is 41.5 Å². The Morgan fingerprint density at radius 1 is 1.13 bits per heavy atom. The van der Waals surface area contributed by atoms with E-state index in [9.17, 15) is 20.2 Å². The number of hydrogen-bond acceptors (Lipinski definition) is 5. The Hall–Kier alpha value is -3.46. The lowest BCUT2D eigenvalue weighted by molar-refractivity contribution is -0.384. The van der Waals surface area contributed by atoms with E-state index in [1.54, 1.807) is 30.3 Å². The lowest BCUT2D eigenvalue weighted by atomic mass is 10.0. The van der Waals surface area contributed by atoms with Crippen LogP contribution in [0.2, 0.25) is 0 Å². The van der Waals surface area contributed by atoms with Crippen LogP contribution in [-0.4, -0.2) is 18.0 Å². The maximum Gasteiger partial charge on any atom is 0.337 e. The molecule has 0 amide bonds. The second kappa shape index (κ2) is 7.00. The van der Waals surface area contributed by atoms with Crippen molar-refractivity contribution in [1.82, 2.24) is 0 Å². The first kappa shape index (κ1) is 15.9. The number of benzene rings is 2. The van der Waals surface area contributed by atoms with Gasteiger partial charge in [-0.2, -0.15) is 5.26 Å². The summed E-state index contributed by atoms with van der Waals surface area (Å²) in [6.07, 6.45) is 1.64. The molecule has 0 bridgehead atoms. The van der Waals surface area contributed by atoms with Crippen molar-refractivity contribution in [2.24, 2.45) is 0 Å². The Morgan fingerprint density at radius 3 is 2.17 bits per heavy atom. The molecule has 6 nitrogen and oxygen atoms in total. The molecule has 0 aliphatic rings. The highest BCUT2D eigenvalue weighted by Gasteiger charge is 2.08. The zero-order valence-electron chi connectivity index (χ0n) is 12.2. The van der Waals surface area contributed by atoms with Gasteiger partial charge in [0.05, 0.1) is 29.2 Å². The van der Waals surface area contributed by atoms with Gasteiger partial charge in [0, 0.05) is 12.1 Å². The summed E-state index contributed by atoms with van der Waals surface area (Å²) in [5, 5.41) is 19.9. The third-order valence-corrected chi connectivity index (χ3v) is 3.15. The molecule has 2 rings (SSSR count). The van der Waals surface area contributed by atoms with Crippen LogP contribution in [0.4, 0.5) is 5.69 Å². The molecule has 0 spiro atoms. The van der Waals surface area contributed by atoms with Crippen LogP contribution >= 0.6 is 0 Å². The van der Waals surface area contributed by atoms with E-state index in [-0.39, 0.29) is 5.69 Å². The number of nitro benzene ring substituents is 1. The zero-order chi connectivity index (χ0) is 16.8. The first-order valence-corrected chi connectivity index (χ1v) is 6.60. The summed E-state index contributed by atoms with van der Waals surface area (Å²) in [5.41, 5.74) is 2.06. The Morgan fingerprint density at radius 2 is 1.70 bits per heavy atom. The van der Waals surface area contributed by atoms with Crippen molar-refractivity contribution < 1.29 is 14.5 Å². The number of non-ortho nitro benzene ring substituents is 1. The summed E-state index contributed by atoms with van der Waals surface area (Å²) >= 11 is 0. The van der Waals surface area contributed by atoms with Crippen LogP contribution in [0.25, 0.3) is 11.6 Å². The lowest BCUT2D eigenvalue weighted by Gasteiger charge is -2.02. The topological polar surface area (TPSA) is 93.2 Å². The smallest absolute Gasteiger partial charge is 0.337 e. The van der Waals surface area contributed by atoms with Crippen LogP contribution in [0.15, 0.2) is 48.5 Å². The van der Waals surface area contributed by atoms with Gasteiger partial charge in [-0.1, -0.05) is 12.1 Å². The minimum atomic E-state index is -0.495. The van der Waals surface area contributed by atoms with E-state index in [2.05, 4.69) is 10.8 Å². The number of ether oxygens (including phenoxy) is 1. The van der Waals surface area contributed by atoms with E-state index in [4.69, 9.17) is 0 Å². The molecule has 0 heterocycles. The molecule has 0 aliphatic carbocycles.